The molecule has 3 rings (SSSR count). The van der Waals surface area contributed by atoms with Gasteiger partial charge >= 0.3 is 6.36 Å². The molecular weight excluding hydrogens is 541 g/mol. The zero-order chi connectivity index (χ0) is 28.7. The van der Waals surface area contributed by atoms with Gasteiger partial charge in [-0.3, -0.25) is 14.9 Å². The summed E-state index contributed by atoms with van der Waals surface area (Å²) in [6, 6.07) is 9.97. The van der Waals surface area contributed by atoms with Crippen molar-refractivity contribution in [2.24, 2.45) is 5.73 Å². The van der Waals surface area contributed by atoms with Crippen molar-refractivity contribution in [2.75, 3.05) is 26.2 Å². The largest absolute Gasteiger partial charge is 0.573 e. The summed E-state index contributed by atoms with van der Waals surface area (Å²) >= 11 is 0. The van der Waals surface area contributed by atoms with Gasteiger partial charge in [0.05, 0.1) is 4.90 Å². The fraction of sp³-hybridized carbons (Fsp3) is 0.400. The number of hydrogen-bond acceptors (Lipinski definition) is 9. The molecule has 0 bridgehead atoms. The van der Waals surface area contributed by atoms with Crippen LogP contribution in [0.15, 0.2) is 65.3 Å². The Labute approximate surface area is 224 Å². The zero-order valence-electron chi connectivity index (χ0n) is 21.2. The smallest absolute Gasteiger partial charge is 0.457 e. The SMILES string of the molecule is CCCN/C(=C\N)CN1CCC(C(=O)NO)(S(=O)(=O)c2ccc(Oc3ccc(OC(F)(F)F)cc3)cc2)CC1. The highest BCUT2D eigenvalue weighted by Crippen LogP contribution is 2.37. The van der Waals surface area contributed by atoms with Crippen molar-refractivity contribution >= 4 is 15.7 Å². The van der Waals surface area contributed by atoms with E-state index in [9.17, 15) is 31.6 Å². The van der Waals surface area contributed by atoms with E-state index in [4.69, 9.17) is 10.5 Å². The highest BCUT2D eigenvalue weighted by atomic mass is 32.2. The lowest BCUT2D eigenvalue weighted by Crippen LogP contribution is -2.58. The van der Waals surface area contributed by atoms with Crippen LogP contribution in [0.3, 0.4) is 0 Å². The summed E-state index contributed by atoms with van der Waals surface area (Å²) in [5, 5.41) is 12.6. The minimum absolute atomic E-state index is 0.0576. The molecule has 214 valence electrons. The molecule has 10 nitrogen and oxygen atoms in total. The predicted molar refractivity (Wildman–Crippen MR) is 136 cm³/mol. The highest BCUT2D eigenvalue weighted by Gasteiger charge is 2.53. The van der Waals surface area contributed by atoms with Gasteiger partial charge in [-0.2, -0.15) is 0 Å². The van der Waals surface area contributed by atoms with E-state index in [-0.39, 0.29) is 42.3 Å². The molecule has 1 amide bonds. The number of halogens is 3. The van der Waals surface area contributed by atoms with Gasteiger partial charge in [0.15, 0.2) is 14.6 Å². The Morgan fingerprint density at radius 1 is 1.08 bits per heavy atom. The molecule has 0 saturated carbocycles. The Hall–Kier alpha value is -3.49. The van der Waals surface area contributed by atoms with Crippen molar-refractivity contribution in [1.29, 1.82) is 0 Å². The van der Waals surface area contributed by atoms with Crippen LogP contribution >= 0.6 is 0 Å². The maximum Gasteiger partial charge on any atom is 0.573 e. The molecule has 14 heteroatoms. The van der Waals surface area contributed by atoms with Crippen LogP contribution in [0.1, 0.15) is 26.2 Å². The fourth-order valence-electron chi connectivity index (χ4n) is 4.24. The third kappa shape index (κ3) is 7.34. The summed E-state index contributed by atoms with van der Waals surface area (Å²) in [5.41, 5.74) is 8.00. The number of nitrogens with zero attached hydrogens (tertiary/aromatic N) is 1. The Morgan fingerprint density at radius 2 is 1.62 bits per heavy atom. The molecule has 0 aromatic heterocycles. The molecule has 0 atom stereocenters. The maximum absolute atomic E-state index is 13.7. The Bertz CT molecular complexity index is 1240. The van der Waals surface area contributed by atoms with Crippen LogP contribution in [0.2, 0.25) is 0 Å². The third-order valence-electron chi connectivity index (χ3n) is 6.32. The summed E-state index contributed by atoms with van der Waals surface area (Å²) in [7, 11) is -4.25. The predicted octanol–water partition coefficient (Wildman–Crippen LogP) is 3.29. The van der Waals surface area contributed by atoms with E-state index in [1.807, 2.05) is 11.8 Å². The Balaban J connectivity index is 1.73. The van der Waals surface area contributed by atoms with Gasteiger partial charge in [-0.1, -0.05) is 6.92 Å². The summed E-state index contributed by atoms with van der Waals surface area (Å²) in [5.74, 6) is -1.01. The number of ether oxygens (including phenoxy) is 2. The standard InChI is InChI=1S/C25H31F3N4O6S/c1-2-13-30-18(16-29)17-32-14-11-24(12-15-32,23(33)31-34)39(35,36)22-9-7-20(8-10-22)37-19-3-5-21(6-4-19)38-25(26,27)28/h3-10,16,30,34H,2,11-15,17,29H2,1H3,(H,31,33)/b18-16-. The van der Waals surface area contributed by atoms with Gasteiger partial charge < -0.3 is 20.5 Å². The van der Waals surface area contributed by atoms with Crippen LogP contribution in [0, 0.1) is 0 Å². The lowest BCUT2D eigenvalue weighted by molar-refractivity contribution is -0.274. The summed E-state index contributed by atoms with van der Waals surface area (Å²) in [6.45, 7) is 3.75. The van der Waals surface area contributed by atoms with Crippen molar-refractivity contribution in [3.8, 4) is 17.2 Å². The van der Waals surface area contributed by atoms with Gasteiger partial charge in [-0.25, -0.2) is 13.9 Å². The van der Waals surface area contributed by atoms with Crippen molar-refractivity contribution in [3.05, 3.63) is 60.4 Å². The van der Waals surface area contributed by atoms with E-state index < -0.39 is 32.6 Å². The second kappa shape index (κ2) is 12.6. The topological polar surface area (TPSA) is 143 Å². The molecule has 2 aromatic carbocycles. The van der Waals surface area contributed by atoms with Gasteiger partial charge in [0, 0.05) is 38.1 Å². The summed E-state index contributed by atoms with van der Waals surface area (Å²) in [4.78, 5) is 14.6. The van der Waals surface area contributed by atoms with Crippen molar-refractivity contribution in [3.63, 3.8) is 0 Å². The van der Waals surface area contributed by atoms with E-state index >= 15 is 0 Å². The monoisotopic (exact) mass is 572 g/mol. The van der Waals surface area contributed by atoms with Gasteiger partial charge in [0.25, 0.3) is 5.91 Å². The first-order chi connectivity index (χ1) is 18.4. The van der Waals surface area contributed by atoms with Crippen LogP contribution in [0.25, 0.3) is 0 Å². The lowest BCUT2D eigenvalue weighted by atomic mass is 9.94. The average molecular weight is 573 g/mol. The number of nitrogens with one attached hydrogen (secondary N) is 2. The number of hydrogen-bond donors (Lipinski definition) is 4. The molecule has 39 heavy (non-hydrogen) atoms. The van der Waals surface area contributed by atoms with Gasteiger partial charge in [-0.15, -0.1) is 13.2 Å². The number of nitrogens with two attached hydrogens (primary N) is 1. The lowest BCUT2D eigenvalue weighted by Gasteiger charge is -2.39. The number of rotatable bonds is 11. The minimum Gasteiger partial charge on any atom is -0.457 e. The maximum atomic E-state index is 13.7. The number of benzene rings is 2. The summed E-state index contributed by atoms with van der Waals surface area (Å²) in [6.07, 6.45) is -2.57. The second-order valence-electron chi connectivity index (χ2n) is 8.93. The van der Waals surface area contributed by atoms with E-state index in [1.165, 1.54) is 48.1 Å². The van der Waals surface area contributed by atoms with Crippen molar-refractivity contribution in [2.45, 2.75) is 42.2 Å². The van der Waals surface area contributed by atoms with E-state index in [2.05, 4.69) is 10.1 Å². The Morgan fingerprint density at radius 3 is 2.10 bits per heavy atom. The first kappa shape index (κ1) is 30.1. The summed E-state index contributed by atoms with van der Waals surface area (Å²) < 4.78 is 71.8. The molecule has 0 radical (unpaired) electrons. The molecule has 1 fully saturated rings. The molecule has 1 saturated heterocycles. The molecule has 1 aliphatic rings. The number of carbonyl (C=O) groups is 1. The van der Waals surface area contributed by atoms with Gasteiger partial charge in [-0.05, 0) is 67.8 Å². The van der Waals surface area contributed by atoms with Crippen LogP contribution in [-0.4, -0.2) is 61.7 Å². The average Bonchev–Trinajstić information content (AvgIpc) is 2.91. The highest BCUT2D eigenvalue weighted by molar-refractivity contribution is 7.93. The van der Waals surface area contributed by atoms with Crippen LogP contribution < -0.4 is 26.0 Å². The van der Waals surface area contributed by atoms with Crippen LogP contribution in [0.4, 0.5) is 13.2 Å². The van der Waals surface area contributed by atoms with Crippen molar-refractivity contribution < 1.29 is 41.1 Å². The first-order valence-corrected chi connectivity index (χ1v) is 13.6. The van der Waals surface area contributed by atoms with E-state index in [0.717, 1.165) is 30.8 Å². The van der Waals surface area contributed by atoms with Gasteiger partial charge in [0.2, 0.25) is 0 Å². The van der Waals surface area contributed by atoms with E-state index in [0.29, 0.717) is 6.54 Å². The normalized spacial score (nSPS) is 16.4. The van der Waals surface area contributed by atoms with Crippen LogP contribution in [0.5, 0.6) is 17.2 Å². The number of sulfone groups is 1. The number of amides is 1. The molecule has 0 unspecified atom stereocenters. The molecular formula is C25H31F3N4O6S. The molecule has 0 aliphatic carbocycles. The Kier molecular flexibility index (Phi) is 9.69. The van der Waals surface area contributed by atoms with Gasteiger partial charge in [0.1, 0.15) is 17.2 Å². The zero-order valence-corrected chi connectivity index (χ0v) is 22.0. The number of hydroxylamine groups is 1. The number of piperidine rings is 1. The molecule has 1 aliphatic heterocycles. The minimum atomic E-state index is -4.82. The number of alkyl halides is 3. The number of likely N-dealkylation sites (tertiary alicyclic amines) is 1. The second-order valence-corrected chi connectivity index (χ2v) is 11.2. The third-order valence-corrected chi connectivity index (χ3v) is 8.83. The first-order valence-electron chi connectivity index (χ1n) is 12.1. The molecule has 2 aromatic rings. The molecule has 1 heterocycles. The fourth-order valence-corrected chi connectivity index (χ4v) is 6.20. The van der Waals surface area contributed by atoms with Crippen molar-refractivity contribution in [1.82, 2.24) is 15.7 Å². The molecule has 0 spiro atoms. The van der Waals surface area contributed by atoms with E-state index in [1.54, 1.807) is 0 Å². The quantitative estimate of drug-likeness (QED) is 0.236. The number of carbonyl (C=O) groups excluding carboxylic acids is 1. The molecule has 5 N–H and O–H groups in total. The van der Waals surface area contributed by atoms with Crippen LogP contribution in [-0.2, 0) is 14.6 Å².